The van der Waals surface area contributed by atoms with E-state index < -0.39 is 18.3 Å². The van der Waals surface area contributed by atoms with Crippen molar-refractivity contribution >= 4 is 34.2 Å². The molecule has 2 aromatic carbocycles. The smallest absolute Gasteiger partial charge is 0.497 e. The molecular formula is C27H39BBrNO3. The van der Waals surface area contributed by atoms with Gasteiger partial charge in [0, 0.05) is 15.6 Å². The Hall–Kier alpha value is -1.50. The molecule has 1 unspecified atom stereocenters. The molecule has 2 aromatic rings. The van der Waals surface area contributed by atoms with Gasteiger partial charge in [0.25, 0.3) is 0 Å². The van der Waals surface area contributed by atoms with E-state index in [1.54, 1.807) is 7.11 Å². The number of nitrogens with two attached hydrogens (primary N) is 1. The Balaban J connectivity index is 2.01. The molecule has 1 heterocycles. The number of methoxy groups -OCH3 is 1. The Bertz CT molecular complexity index is 1020. The standard InChI is InChI=1S/C27H39BBrNO3/c1-17(25(4,5)19-11-13-22(30)21(29)16-19)24(2,3)18-12-14-23(31-10)20(15-18)28-32-26(6,7)27(8,9)33-28/h11-17H,30H2,1-10H3. The number of nitrogen functional groups attached to an aromatic ring is 1. The van der Waals surface area contributed by atoms with Crippen LogP contribution in [0.15, 0.2) is 40.9 Å². The van der Waals surface area contributed by atoms with Crippen molar-refractivity contribution in [1.29, 1.82) is 0 Å². The summed E-state index contributed by atoms with van der Waals surface area (Å²) in [6, 6.07) is 12.7. The third kappa shape index (κ3) is 4.59. The first-order chi connectivity index (χ1) is 15.0. The van der Waals surface area contributed by atoms with Crippen LogP contribution in [0.1, 0.15) is 73.4 Å². The fraction of sp³-hybridized carbons (Fsp3) is 0.556. The zero-order valence-corrected chi connectivity index (χ0v) is 23.4. The SMILES string of the molecule is COc1ccc(C(C)(C)C(C)C(C)(C)c2ccc(N)c(Br)c2)cc1B1OC(C)(C)C(C)(C)O1. The van der Waals surface area contributed by atoms with Crippen LogP contribution >= 0.6 is 15.9 Å². The number of ether oxygens (including phenoxy) is 1. The second-order valence-electron chi connectivity index (χ2n) is 11.4. The molecular weight excluding hydrogens is 477 g/mol. The molecule has 0 aromatic heterocycles. The van der Waals surface area contributed by atoms with E-state index in [0.717, 1.165) is 21.4 Å². The number of hydrogen-bond donors (Lipinski definition) is 1. The largest absolute Gasteiger partial charge is 0.498 e. The van der Waals surface area contributed by atoms with Gasteiger partial charge in [-0.15, -0.1) is 0 Å². The molecule has 4 nitrogen and oxygen atoms in total. The van der Waals surface area contributed by atoms with Gasteiger partial charge in [-0.2, -0.15) is 0 Å². The zero-order valence-electron chi connectivity index (χ0n) is 21.8. The number of hydrogen-bond acceptors (Lipinski definition) is 4. The van der Waals surface area contributed by atoms with Crippen LogP contribution in [0.2, 0.25) is 0 Å². The highest BCUT2D eigenvalue weighted by molar-refractivity contribution is 9.10. The average molecular weight is 516 g/mol. The lowest BCUT2D eigenvalue weighted by atomic mass is 9.60. The van der Waals surface area contributed by atoms with Gasteiger partial charge in [0.05, 0.1) is 18.3 Å². The van der Waals surface area contributed by atoms with E-state index in [-0.39, 0.29) is 10.8 Å². The second kappa shape index (κ2) is 8.62. The highest BCUT2D eigenvalue weighted by atomic mass is 79.9. The molecule has 0 aliphatic carbocycles. The van der Waals surface area contributed by atoms with Gasteiger partial charge in [-0.25, -0.2) is 0 Å². The third-order valence-electron chi connectivity index (χ3n) is 8.39. The molecule has 3 rings (SSSR count). The molecule has 0 amide bonds. The molecule has 0 spiro atoms. The summed E-state index contributed by atoms with van der Waals surface area (Å²) < 4.78 is 19.4. The Labute approximate surface area is 208 Å². The van der Waals surface area contributed by atoms with Crippen molar-refractivity contribution in [3.63, 3.8) is 0 Å². The van der Waals surface area contributed by atoms with Crippen molar-refractivity contribution in [2.75, 3.05) is 12.8 Å². The van der Waals surface area contributed by atoms with E-state index >= 15 is 0 Å². The number of halogens is 1. The van der Waals surface area contributed by atoms with Gasteiger partial charge in [-0.1, -0.05) is 52.8 Å². The third-order valence-corrected chi connectivity index (χ3v) is 9.08. The summed E-state index contributed by atoms with van der Waals surface area (Å²) in [5.41, 5.74) is 9.16. The van der Waals surface area contributed by atoms with Gasteiger partial charge in [0.2, 0.25) is 0 Å². The summed E-state index contributed by atoms with van der Waals surface area (Å²) in [6.07, 6.45) is 0. The van der Waals surface area contributed by atoms with E-state index in [4.69, 9.17) is 19.8 Å². The van der Waals surface area contributed by atoms with Gasteiger partial charge in [0.15, 0.2) is 0 Å². The van der Waals surface area contributed by atoms with Gasteiger partial charge < -0.3 is 19.8 Å². The molecule has 0 bridgehead atoms. The Morgan fingerprint density at radius 2 is 1.39 bits per heavy atom. The summed E-state index contributed by atoms with van der Waals surface area (Å²) in [5.74, 6) is 1.09. The fourth-order valence-electron chi connectivity index (χ4n) is 4.62. The van der Waals surface area contributed by atoms with Crippen LogP contribution in [0.5, 0.6) is 5.75 Å². The molecule has 1 fully saturated rings. The van der Waals surface area contributed by atoms with Crippen LogP contribution in [0.4, 0.5) is 5.69 Å². The molecule has 0 radical (unpaired) electrons. The Kier molecular flexibility index (Phi) is 6.82. The summed E-state index contributed by atoms with van der Waals surface area (Å²) in [5, 5.41) is 0. The van der Waals surface area contributed by atoms with Crippen LogP contribution in [-0.2, 0) is 20.1 Å². The average Bonchev–Trinajstić information content (AvgIpc) is 2.95. The van der Waals surface area contributed by atoms with Crippen molar-refractivity contribution in [2.24, 2.45) is 5.92 Å². The minimum absolute atomic E-state index is 0.0931. The predicted molar refractivity (Wildman–Crippen MR) is 142 cm³/mol. The maximum atomic E-state index is 6.36. The lowest BCUT2D eigenvalue weighted by Crippen LogP contribution is -2.42. The van der Waals surface area contributed by atoms with E-state index in [1.165, 1.54) is 11.1 Å². The summed E-state index contributed by atoms with van der Waals surface area (Å²) in [4.78, 5) is 0. The summed E-state index contributed by atoms with van der Waals surface area (Å²) >= 11 is 3.60. The van der Waals surface area contributed by atoms with Gasteiger partial charge >= 0.3 is 7.12 Å². The first-order valence-corrected chi connectivity index (χ1v) is 12.4. The predicted octanol–water partition coefficient (Wildman–Crippen LogP) is 6.23. The van der Waals surface area contributed by atoms with E-state index in [9.17, 15) is 0 Å². The molecule has 6 heteroatoms. The molecule has 1 aliphatic rings. The quantitative estimate of drug-likeness (QED) is 0.366. The van der Waals surface area contributed by atoms with Crippen molar-refractivity contribution in [1.82, 2.24) is 0 Å². The molecule has 2 N–H and O–H groups in total. The van der Waals surface area contributed by atoms with Crippen molar-refractivity contribution < 1.29 is 14.0 Å². The van der Waals surface area contributed by atoms with Gasteiger partial charge in [0.1, 0.15) is 5.75 Å². The highest BCUT2D eigenvalue weighted by Gasteiger charge is 2.53. The van der Waals surface area contributed by atoms with Gasteiger partial charge in [-0.05, 0) is 89.7 Å². The van der Waals surface area contributed by atoms with Crippen LogP contribution in [0, 0.1) is 5.92 Å². The molecule has 1 saturated heterocycles. The monoisotopic (exact) mass is 515 g/mol. The lowest BCUT2D eigenvalue weighted by molar-refractivity contribution is 0.00578. The Morgan fingerprint density at radius 3 is 1.88 bits per heavy atom. The first kappa shape index (κ1) is 26.1. The lowest BCUT2D eigenvalue weighted by Gasteiger charge is -2.44. The molecule has 180 valence electrons. The van der Waals surface area contributed by atoms with Crippen molar-refractivity contribution in [2.45, 2.75) is 84.3 Å². The fourth-order valence-corrected chi connectivity index (χ4v) is 5.00. The Morgan fingerprint density at radius 1 is 0.909 bits per heavy atom. The van der Waals surface area contributed by atoms with Crippen molar-refractivity contribution in [3.05, 3.63) is 52.0 Å². The topological polar surface area (TPSA) is 53.7 Å². The minimum Gasteiger partial charge on any atom is -0.497 e. The van der Waals surface area contributed by atoms with Gasteiger partial charge in [-0.3, -0.25) is 0 Å². The molecule has 1 aliphatic heterocycles. The first-order valence-electron chi connectivity index (χ1n) is 11.6. The minimum atomic E-state index is -0.475. The molecule has 33 heavy (non-hydrogen) atoms. The van der Waals surface area contributed by atoms with E-state index in [0.29, 0.717) is 5.92 Å². The van der Waals surface area contributed by atoms with Crippen LogP contribution in [0.25, 0.3) is 0 Å². The normalized spacial score (nSPS) is 18.9. The number of benzene rings is 2. The maximum absolute atomic E-state index is 6.36. The number of rotatable bonds is 6. The van der Waals surface area contributed by atoms with Crippen LogP contribution in [0.3, 0.4) is 0 Å². The number of anilines is 1. The molecule has 1 atom stereocenters. The van der Waals surface area contributed by atoms with Crippen LogP contribution < -0.4 is 15.9 Å². The van der Waals surface area contributed by atoms with Crippen LogP contribution in [-0.4, -0.2) is 25.4 Å². The zero-order chi connectivity index (χ0) is 25.0. The van der Waals surface area contributed by atoms with Crippen molar-refractivity contribution in [3.8, 4) is 5.75 Å². The second-order valence-corrected chi connectivity index (χ2v) is 12.3. The summed E-state index contributed by atoms with van der Waals surface area (Å²) in [6.45, 7) is 19.8. The summed E-state index contributed by atoms with van der Waals surface area (Å²) in [7, 11) is 1.22. The maximum Gasteiger partial charge on any atom is 0.498 e. The molecule has 0 saturated carbocycles. The highest BCUT2D eigenvalue weighted by Crippen LogP contribution is 2.45. The van der Waals surface area contributed by atoms with E-state index in [2.05, 4.69) is 103 Å². The van der Waals surface area contributed by atoms with E-state index in [1.807, 2.05) is 12.1 Å².